The van der Waals surface area contributed by atoms with Gasteiger partial charge in [0.25, 0.3) is 5.97 Å². The predicted octanol–water partition coefficient (Wildman–Crippen LogP) is 3.16. The van der Waals surface area contributed by atoms with E-state index in [2.05, 4.69) is 0 Å². The lowest BCUT2D eigenvalue weighted by Gasteiger charge is -2.07. The van der Waals surface area contributed by atoms with E-state index in [1.807, 2.05) is 36.4 Å². The van der Waals surface area contributed by atoms with Gasteiger partial charge in [0.15, 0.2) is 0 Å². The molecule has 0 radical (unpaired) electrons. The zero-order valence-electron chi connectivity index (χ0n) is 11.4. The van der Waals surface area contributed by atoms with E-state index in [1.54, 1.807) is 19.2 Å². The van der Waals surface area contributed by atoms with E-state index in [0.717, 1.165) is 29.9 Å². The third-order valence-electron chi connectivity index (χ3n) is 2.16. The van der Waals surface area contributed by atoms with E-state index in [9.17, 15) is 0 Å². The molecule has 0 aromatic heterocycles. The molecule has 2 aromatic carbocycles. The second-order valence-electron chi connectivity index (χ2n) is 3.87. The number of carboxylic acid groups (broad SMARTS) is 1. The third-order valence-corrected chi connectivity index (χ3v) is 2.16. The number of rotatable bonds is 3. The molecule has 106 valence electrons. The highest BCUT2D eigenvalue weighted by Crippen LogP contribution is 2.25. The van der Waals surface area contributed by atoms with E-state index >= 15 is 0 Å². The third kappa shape index (κ3) is 5.77. The van der Waals surface area contributed by atoms with Crippen molar-refractivity contribution < 1.29 is 19.4 Å². The summed E-state index contributed by atoms with van der Waals surface area (Å²) in [5.74, 6) is 1.43. The maximum Gasteiger partial charge on any atom is 0.300 e. The van der Waals surface area contributed by atoms with Gasteiger partial charge in [0.1, 0.15) is 17.2 Å². The number of hydrogen-bond acceptors (Lipinski definition) is 4. The van der Waals surface area contributed by atoms with Gasteiger partial charge in [0.2, 0.25) is 0 Å². The number of aliphatic carboxylic acids is 1. The summed E-state index contributed by atoms with van der Waals surface area (Å²) in [5, 5.41) is 7.42. The molecule has 5 nitrogen and oxygen atoms in total. The lowest BCUT2D eigenvalue weighted by molar-refractivity contribution is -0.134. The van der Waals surface area contributed by atoms with Crippen LogP contribution < -0.4 is 15.2 Å². The van der Waals surface area contributed by atoms with Crippen LogP contribution in [0.4, 0.5) is 5.69 Å². The first-order chi connectivity index (χ1) is 9.51. The number of carbonyl (C=O) groups is 1. The van der Waals surface area contributed by atoms with Crippen molar-refractivity contribution >= 4 is 11.7 Å². The van der Waals surface area contributed by atoms with Crippen LogP contribution in [0, 0.1) is 0 Å². The maximum absolute atomic E-state index is 9.00. The van der Waals surface area contributed by atoms with Crippen molar-refractivity contribution in [1.29, 1.82) is 0 Å². The maximum atomic E-state index is 9.00. The smallest absolute Gasteiger partial charge is 0.300 e. The highest BCUT2D eigenvalue weighted by molar-refractivity contribution is 5.62. The summed E-state index contributed by atoms with van der Waals surface area (Å²) < 4.78 is 10.8. The first kappa shape index (κ1) is 15.4. The number of benzene rings is 2. The van der Waals surface area contributed by atoms with Gasteiger partial charge in [-0.15, -0.1) is 0 Å². The molecule has 5 heteroatoms. The van der Waals surface area contributed by atoms with Crippen LogP contribution in [-0.2, 0) is 4.79 Å². The van der Waals surface area contributed by atoms with Crippen LogP contribution in [0.25, 0.3) is 0 Å². The van der Waals surface area contributed by atoms with Crippen LogP contribution in [0.15, 0.2) is 48.5 Å². The lowest BCUT2D eigenvalue weighted by atomic mass is 10.3. The Bertz CT molecular complexity index is 548. The summed E-state index contributed by atoms with van der Waals surface area (Å²) in [6, 6.07) is 14.7. The minimum Gasteiger partial charge on any atom is -0.497 e. The van der Waals surface area contributed by atoms with Gasteiger partial charge in [-0.3, -0.25) is 4.79 Å². The van der Waals surface area contributed by atoms with Crippen molar-refractivity contribution in [3.63, 3.8) is 0 Å². The van der Waals surface area contributed by atoms with E-state index in [0.29, 0.717) is 0 Å². The number of carboxylic acids is 1. The summed E-state index contributed by atoms with van der Waals surface area (Å²) >= 11 is 0. The second kappa shape index (κ2) is 7.68. The first-order valence-corrected chi connectivity index (χ1v) is 5.88. The Morgan fingerprint density at radius 3 is 2.15 bits per heavy atom. The van der Waals surface area contributed by atoms with Crippen molar-refractivity contribution in [1.82, 2.24) is 0 Å². The molecule has 0 amide bonds. The predicted molar refractivity (Wildman–Crippen MR) is 77.2 cm³/mol. The minimum atomic E-state index is -0.833. The van der Waals surface area contributed by atoms with Crippen LogP contribution in [0.1, 0.15) is 6.92 Å². The lowest BCUT2D eigenvalue weighted by Crippen LogP contribution is -1.87. The van der Waals surface area contributed by atoms with Crippen LogP contribution >= 0.6 is 0 Å². The van der Waals surface area contributed by atoms with E-state index in [4.69, 9.17) is 25.1 Å². The molecule has 0 saturated heterocycles. The molecule has 0 atom stereocenters. The number of nitrogen functional groups attached to an aromatic ring is 1. The summed E-state index contributed by atoms with van der Waals surface area (Å²) in [5.41, 5.74) is 6.31. The average molecular weight is 275 g/mol. The molecule has 0 fully saturated rings. The average Bonchev–Trinajstić information content (AvgIpc) is 2.41. The molecule has 2 aromatic rings. The van der Waals surface area contributed by atoms with Crippen LogP contribution in [0.3, 0.4) is 0 Å². The van der Waals surface area contributed by atoms with E-state index in [-0.39, 0.29) is 0 Å². The van der Waals surface area contributed by atoms with Gasteiger partial charge >= 0.3 is 0 Å². The Morgan fingerprint density at radius 2 is 1.60 bits per heavy atom. The van der Waals surface area contributed by atoms with Gasteiger partial charge < -0.3 is 20.3 Å². The standard InChI is InChI=1S/C13H13NO2.C2H4O2/c1-15-12-3-2-4-13(9-12)16-11-7-5-10(14)6-8-11;1-2(3)4/h2-9H,14H2,1H3;1H3,(H,3,4). The molecule has 0 spiro atoms. The molecule has 0 bridgehead atoms. The molecule has 0 aliphatic carbocycles. The Hall–Kier alpha value is -2.69. The van der Waals surface area contributed by atoms with Crippen LogP contribution in [-0.4, -0.2) is 18.2 Å². The highest BCUT2D eigenvalue weighted by atomic mass is 16.5. The van der Waals surface area contributed by atoms with Gasteiger partial charge in [-0.1, -0.05) is 6.07 Å². The van der Waals surface area contributed by atoms with Gasteiger partial charge in [-0.25, -0.2) is 0 Å². The van der Waals surface area contributed by atoms with Crippen molar-refractivity contribution in [2.24, 2.45) is 0 Å². The molecule has 2 rings (SSSR count). The van der Waals surface area contributed by atoms with Crippen molar-refractivity contribution in [3.8, 4) is 17.2 Å². The molecule has 3 N–H and O–H groups in total. The van der Waals surface area contributed by atoms with E-state index < -0.39 is 5.97 Å². The van der Waals surface area contributed by atoms with Crippen LogP contribution in [0.5, 0.6) is 17.2 Å². The summed E-state index contributed by atoms with van der Waals surface area (Å²) in [6.45, 7) is 1.08. The Balaban J connectivity index is 0.000000444. The number of methoxy groups -OCH3 is 1. The van der Waals surface area contributed by atoms with Crippen molar-refractivity contribution in [2.45, 2.75) is 6.92 Å². The fourth-order valence-electron chi connectivity index (χ4n) is 1.34. The first-order valence-electron chi connectivity index (χ1n) is 5.88. The van der Waals surface area contributed by atoms with Crippen LogP contribution in [0.2, 0.25) is 0 Å². The van der Waals surface area contributed by atoms with Crippen molar-refractivity contribution in [3.05, 3.63) is 48.5 Å². The van der Waals surface area contributed by atoms with Crippen molar-refractivity contribution in [2.75, 3.05) is 12.8 Å². The normalized spacial score (nSPS) is 9.10. The molecule has 0 aliphatic heterocycles. The number of nitrogens with two attached hydrogens (primary N) is 1. The minimum absolute atomic E-state index is 0.720. The Kier molecular flexibility index (Phi) is 5.90. The van der Waals surface area contributed by atoms with Gasteiger partial charge in [0, 0.05) is 18.7 Å². The summed E-state index contributed by atoms with van der Waals surface area (Å²) in [7, 11) is 1.63. The molecule has 0 unspecified atom stereocenters. The quantitative estimate of drug-likeness (QED) is 0.841. The topological polar surface area (TPSA) is 81.8 Å². The summed E-state index contributed by atoms with van der Waals surface area (Å²) in [6.07, 6.45) is 0. The van der Waals surface area contributed by atoms with Gasteiger partial charge in [0.05, 0.1) is 7.11 Å². The van der Waals surface area contributed by atoms with Gasteiger partial charge in [-0.2, -0.15) is 0 Å². The molecule has 0 aliphatic rings. The SMILES string of the molecule is CC(=O)O.COc1cccc(Oc2ccc(N)cc2)c1. The second-order valence-corrected chi connectivity index (χ2v) is 3.87. The van der Waals surface area contributed by atoms with E-state index in [1.165, 1.54) is 0 Å². The van der Waals surface area contributed by atoms with Gasteiger partial charge in [-0.05, 0) is 36.4 Å². The summed E-state index contributed by atoms with van der Waals surface area (Å²) in [4.78, 5) is 9.00. The number of ether oxygens (including phenoxy) is 2. The molecule has 20 heavy (non-hydrogen) atoms. The number of hydrogen-bond donors (Lipinski definition) is 2. The fraction of sp³-hybridized carbons (Fsp3) is 0.133. The Labute approximate surface area is 117 Å². The largest absolute Gasteiger partial charge is 0.497 e. The fourth-order valence-corrected chi connectivity index (χ4v) is 1.34. The zero-order valence-corrected chi connectivity index (χ0v) is 11.4. The Morgan fingerprint density at radius 1 is 1.05 bits per heavy atom. The molecular formula is C15H17NO4. The highest BCUT2D eigenvalue weighted by Gasteiger charge is 1.98. The zero-order chi connectivity index (χ0) is 15.0. The number of anilines is 1. The molecular weight excluding hydrogens is 258 g/mol. The molecule has 0 heterocycles. The monoisotopic (exact) mass is 275 g/mol. The molecule has 0 saturated carbocycles.